The van der Waals surface area contributed by atoms with E-state index in [1.165, 1.54) is 0 Å². The molecule has 3 nitrogen and oxygen atoms in total. The van der Waals surface area contributed by atoms with Crippen molar-refractivity contribution in [2.45, 2.75) is 19.6 Å². The van der Waals surface area contributed by atoms with Crippen LogP contribution in [0, 0.1) is 0 Å². The minimum Gasteiger partial charge on any atom is -0.494 e. The Hall–Kier alpha value is -0.903. The Balaban J connectivity index is 3.14. The normalized spacial score (nSPS) is 11.3. The number of ether oxygens (including phenoxy) is 1. The Morgan fingerprint density at radius 1 is 1.33 bits per heavy atom. The van der Waals surface area contributed by atoms with Crippen LogP contribution >= 0.6 is 0 Å². The molecule has 0 fully saturated rings. The molecule has 12 heavy (non-hydrogen) atoms. The molecule has 4 heteroatoms. The Bertz CT molecular complexity index is 270. The van der Waals surface area contributed by atoms with Crippen molar-refractivity contribution < 1.29 is 4.74 Å². The van der Waals surface area contributed by atoms with E-state index in [1.54, 1.807) is 19.6 Å². The van der Waals surface area contributed by atoms with Crippen molar-refractivity contribution in [1.29, 1.82) is 0 Å². The second-order valence-corrected chi connectivity index (χ2v) is 8.66. The van der Waals surface area contributed by atoms with Gasteiger partial charge in [0.2, 0.25) is 0 Å². The third-order valence-electron chi connectivity index (χ3n) is 1.61. The predicted molar refractivity (Wildman–Crippen MR) is 51.6 cm³/mol. The summed E-state index contributed by atoms with van der Waals surface area (Å²) >= 11 is 0. The SMILES string of the molecule is COc1cncnc1[Si](C)(C)C. The second-order valence-electron chi connectivity index (χ2n) is 3.69. The molecule has 0 aromatic carbocycles. The van der Waals surface area contributed by atoms with Crippen molar-refractivity contribution in [2.75, 3.05) is 7.11 Å². The van der Waals surface area contributed by atoms with Crippen LogP contribution in [-0.2, 0) is 0 Å². The van der Waals surface area contributed by atoms with Crippen molar-refractivity contribution in [2.24, 2.45) is 0 Å². The van der Waals surface area contributed by atoms with E-state index in [9.17, 15) is 0 Å². The van der Waals surface area contributed by atoms with Crippen LogP contribution in [0.4, 0.5) is 0 Å². The van der Waals surface area contributed by atoms with Crippen LogP contribution in [0.15, 0.2) is 12.5 Å². The Kier molecular flexibility index (Phi) is 2.47. The van der Waals surface area contributed by atoms with E-state index in [1.807, 2.05) is 0 Å². The molecule has 1 rings (SSSR count). The largest absolute Gasteiger partial charge is 0.494 e. The van der Waals surface area contributed by atoms with Crippen LogP contribution in [0.2, 0.25) is 19.6 Å². The molecule has 0 amide bonds. The van der Waals surface area contributed by atoms with Gasteiger partial charge in [0.1, 0.15) is 14.4 Å². The second kappa shape index (κ2) is 3.22. The smallest absolute Gasteiger partial charge is 0.154 e. The topological polar surface area (TPSA) is 35.0 Å². The third-order valence-corrected chi connectivity index (χ3v) is 3.41. The molecule has 66 valence electrons. The third kappa shape index (κ3) is 1.82. The molecular weight excluding hydrogens is 168 g/mol. The fourth-order valence-electron chi connectivity index (χ4n) is 1.03. The molecule has 1 heterocycles. The number of nitrogens with zero attached hydrogens (tertiary/aromatic N) is 2. The van der Waals surface area contributed by atoms with Crippen molar-refractivity contribution in [3.8, 4) is 5.75 Å². The molecular formula is C8H14N2OSi. The summed E-state index contributed by atoms with van der Waals surface area (Å²) in [6, 6.07) is 0. The van der Waals surface area contributed by atoms with Gasteiger partial charge in [-0.1, -0.05) is 19.6 Å². The van der Waals surface area contributed by atoms with Gasteiger partial charge in [0.15, 0.2) is 5.75 Å². The maximum Gasteiger partial charge on any atom is 0.154 e. The van der Waals surface area contributed by atoms with E-state index in [4.69, 9.17) is 4.74 Å². The molecule has 0 atom stereocenters. The van der Waals surface area contributed by atoms with Gasteiger partial charge < -0.3 is 4.74 Å². The van der Waals surface area contributed by atoms with Crippen LogP contribution < -0.4 is 10.1 Å². The lowest BCUT2D eigenvalue weighted by Crippen LogP contribution is -2.40. The summed E-state index contributed by atoms with van der Waals surface area (Å²) in [5, 5.41) is 1.08. The van der Waals surface area contributed by atoms with E-state index in [0.29, 0.717) is 0 Å². The van der Waals surface area contributed by atoms with Gasteiger partial charge in [0.25, 0.3) is 0 Å². The van der Waals surface area contributed by atoms with Crippen LogP contribution in [0.1, 0.15) is 0 Å². The van der Waals surface area contributed by atoms with Gasteiger partial charge >= 0.3 is 0 Å². The lowest BCUT2D eigenvalue weighted by atomic mass is 10.6. The quantitative estimate of drug-likeness (QED) is 0.641. The fourth-order valence-corrected chi connectivity index (χ4v) is 2.38. The van der Waals surface area contributed by atoms with E-state index in [-0.39, 0.29) is 0 Å². The zero-order chi connectivity index (χ0) is 9.19. The van der Waals surface area contributed by atoms with Crippen LogP contribution in [0.5, 0.6) is 5.75 Å². The van der Waals surface area contributed by atoms with E-state index in [2.05, 4.69) is 29.6 Å². The van der Waals surface area contributed by atoms with Gasteiger partial charge in [-0.25, -0.2) is 9.97 Å². The van der Waals surface area contributed by atoms with E-state index >= 15 is 0 Å². The molecule has 0 unspecified atom stereocenters. The Labute approximate surface area is 73.8 Å². The highest BCUT2D eigenvalue weighted by atomic mass is 28.3. The van der Waals surface area contributed by atoms with Crippen molar-refractivity contribution in [1.82, 2.24) is 9.97 Å². The fraction of sp³-hybridized carbons (Fsp3) is 0.500. The summed E-state index contributed by atoms with van der Waals surface area (Å²) in [6.07, 6.45) is 3.30. The molecule has 0 aliphatic heterocycles. The Morgan fingerprint density at radius 3 is 2.42 bits per heavy atom. The van der Waals surface area contributed by atoms with Gasteiger partial charge in [-0.15, -0.1) is 0 Å². The average molecular weight is 182 g/mol. The zero-order valence-electron chi connectivity index (χ0n) is 7.96. The first-order chi connectivity index (χ1) is 5.55. The monoisotopic (exact) mass is 182 g/mol. The van der Waals surface area contributed by atoms with E-state index < -0.39 is 8.07 Å². The minimum absolute atomic E-state index is 0.816. The highest BCUT2D eigenvalue weighted by molar-refractivity contribution is 6.88. The average Bonchev–Trinajstić information content (AvgIpc) is 2.03. The zero-order valence-corrected chi connectivity index (χ0v) is 8.96. The van der Waals surface area contributed by atoms with Gasteiger partial charge in [-0.3, -0.25) is 0 Å². The lowest BCUT2D eigenvalue weighted by molar-refractivity contribution is 0.414. The first kappa shape index (κ1) is 9.19. The maximum absolute atomic E-state index is 5.18. The summed E-state index contributed by atoms with van der Waals surface area (Å²) in [5.74, 6) is 0.816. The van der Waals surface area contributed by atoms with Crippen molar-refractivity contribution in [3.05, 3.63) is 12.5 Å². The van der Waals surface area contributed by atoms with Gasteiger partial charge in [0.05, 0.1) is 18.6 Å². The summed E-state index contributed by atoms with van der Waals surface area (Å²) in [7, 11) is 0.280. The van der Waals surface area contributed by atoms with Crippen molar-refractivity contribution >= 4 is 13.4 Å². The highest BCUT2D eigenvalue weighted by Gasteiger charge is 2.22. The number of hydrogen-bond donors (Lipinski definition) is 0. The molecule has 0 spiro atoms. The maximum atomic E-state index is 5.18. The van der Waals surface area contributed by atoms with E-state index in [0.717, 1.165) is 11.1 Å². The predicted octanol–water partition coefficient (Wildman–Crippen LogP) is 1.03. The van der Waals surface area contributed by atoms with Gasteiger partial charge in [0, 0.05) is 0 Å². The summed E-state index contributed by atoms with van der Waals surface area (Å²) in [5.41, 5.74) is 0. The number of hydrogen-bond acceptors (Lipinski definition) is 3. The van der Waals surface area contributed by atoms with Crippen LogP contribution in [0.3, 0.4) is 0 Å². The minimum atomic E-state index is -1.37. The molecule has 1 aromatic heterocycles. The first-order valence-corrected chi connectivity index (χ1v) is 7.40. The van der Waals surface area contributed by atoms with Crippen LogP contribution in [-0.4, -0.2) is 25.2 Å². The molecule has 0 N–H and O–H groups in total. The van der Waals surface area contributed by atoms with Crippen molar-refractivity contribution in [3.63, 3.8) is 0 Å². The first-order valence-electron chi connectivity index (χ1n) is 3.90. The van der Waals surface area contributed by atoms with Crippen LogP contribution in [0.25, 0.3) is 0 Å². The van der Waals surface area contributed by atoms with Gasteiger partial charge in [-0.05, 0) is 0 Å². The van der Waals surface area contributed by atoms with Gasteiger partial charge in [-0.2, -0.15) is 0 Å². The molecule has 0 bridgehead atoms. The number of methoxy groups -OCH3 is 1. The molecule has 0 aliphatic rings. The Morgan fingerprint density at radius 2 is 2.00 bits per heavy atom. The molecule has 1 aromatic rings. The number of aromatic nitrogens is 2. The molecule has 0 saturated heterocycles. The highest BCUT2D eigenvalue weighted by Crippen LogP contribution is 2.09. The summed E-state index contributed by atoms with van der Waals surface area (Å²) in [6.45, 7) is 6.70. The summed E-state index contributed by atoms with van der Waals surface area (Å²) < 4.78 is 5.18. The molecule has 0 saturated carbocycles. The lowest BCUT2D eigenvalue weighted by Gasteiger charge is -2.17. The summed E-state index contributed by atoms with van der Waals surface area (Å²) in [4.78, 5) is 8.16. The molecule has 0 radical (unpaired) electrons. The number of rotatable bonds is 2. The standard InChI is InChI=1S/C8H14N2OSi/c1-11-7-5-9-6-10-8(7)12(2,3)4/h5-6H,1-4H3. The molecule has 0 aliphatic carbocycles.